The van der Waals surface area contributed by atoms with E-state index in [2.05, 4.69) is 4.98 Å². The normalized spacial score (nSPS) is 10.4. The maximum atomic E-state index is 10.7. The van der Waals surface area contributed by atoms with Crippen LogP contribution >= 0.6 is 23.2 Å². The first kappa shape index (κ1) is 11.2. The highest BCUT2D eigenvalue weighted by molar-refractivity contribution is 6.33. The van der Waals surface area contributed by atoms with E-state index >= 15 is 0 Å². The van der Waals surface area contributed by atoms with E-state index in [9.17, 15) is 4.79 Å². The van der Waals surface area contributed by atoms with Gasteiger partial charge >= 0.3 is 0 Å². The van der Waals surface area contributed by atoms with Gasteiger partial charge in [-0.15, -0.1) is 0 Å². The lowest BCUT2D eigenvalue weighted by Gasteiger charge is -2.06. The maximum absolute atomic E-state index is 10.7. The summed E-state index contributed by atoms with van der Waals surface area (Å²) < 4.78 is 5.08. The highest BCUT2D eigenvalue weighted by atomic mass is 35.5. The van der Waals surface area contributed by atoms with Gasteiger partial charge in [0.1, 0.15) is 10.9 Å². The standard InChI is InChI=1S/C11H7Cl2NO2/c1-16-10-3-6-2-7(5-15)11(13)14-9(6)4-8(10)12/h2-5H,1H3. The Morgan fingerprint density at radius 1 is 1.31 bits per heavy atom. The van der Waals surface area contributed by atoms with Gasteiger partial charge in [0.15, 0.2) is 6.29 Å². The third-order valence-corrected chi connectivity index (χ3v) is 2.79. The van der Waals surface area contributed by atoms with Crippen molar-refractivity contribution < 1.29 is 9.53 Å². The zero-order valence-electron chi connectivity index (χ0n) is 8.33. The molecule has 0 fully saturated rings. The van der Waals surface area contributed by atoms with Gasteiger partial charge in [-0.05, 0) is 18.2 Å². The molecule has 0 saturated heterocycles. The van der Waals surface area contributed by atoms with Gasteiger partial charge in [0.2, 0.25) is 0 Å². The number of halogens is 2. The van der Waals surface area contributed by atoms with E-state index in [1.807, 2.05) is 0 Å². The quantitative estimate of drug-likeness (QED) is 0.610. The molecule has 5 heteroatoms. The van der Waals surface area contributed by atoms with Crippen LogP contribution in [0.2, 0.25) is 10.2 Å². The molecule has 2 aromatic rings. The van der Waals surface area contributed by atoms with Gasteiger partial charge in [-0.3, -0.25) is 4.79 Å². The summed E-state index contributed by atoms with van der Waals surface area (Å²) >= 11 is 11.8. The molecule has 0 amide bonds. The monoisotopic (exact) mass is 255 g/mol. The van der Waals surface area contributed by atoms with Crippen molar-refractivity contribution in [2.75, 3.05) is 7.11 Å². The molecule has 0 N–H and O–H groups in total. The predicted octanol–water partition coefficient (Wildman–Crippen LogP) is 3.36. The van der Waals surface area contributed by atoms with Gasteiger partial charge in [0, 0.05) is 5.39 Å². The average Bonchev–Trinajstić information content (AvgIpc) is 2.27. The summed E-state index contributed by atoms with van der Waals surface area (Å²) in [6, 6.07) is 5.01. The Labute approximate surface area is 102 Å². The van der Waals surface area contributed by atoms with Gasteiger partial charge in [0.25, 0.3) is 0 Å². The smallest absolute Gasteiger partial charge is 0.153 e. The molecule has 0 bridgehead atoms. The molecule has 0 radical (unpaired) electrons. The van der Waals surface area contributed by atoms with Crippen LogP contribution in [0.15, 0.2) is 18.2 Å². The lowest BCUT2D eigenvalue weighted by Crippen LogP contribution is -1.90. The van der Waals surface area contributed by atoms with Gasteiger partial charge in [-0.1, -0.05) is 23.2 Å². The van der Waals surface area contributed by atoms with Crippen LogP contribution in [0.5, 0.6) is 5.75 Å². The molecule has 0 aliphatic rings. The topological polar surface area (TPSA) is 39.2 Å². The Balaban J connectivity index is 2.76. The number of rotatable bonds is 2. The molecule has 1 aromatic heterocycles. The molecule has 0 saturated carbocycles. The minimum atomic E-state index is 0.170. The van der Waals surface area contributed by atoms with E-state index in [0.717, 1.165) is 5.39 Å². The summed E-state index contributed by atoms with van der Waals surface area (Å²) in [5.74, 6) is 0.537. The number of carbonyl (C=O) groups excluding carboxylic acids is 1. The first-order valence-corrected chi connectivity index (χ1v) is 5.20. The maximum Gasteiger partial charge on any atom is 0.153 e. The average molecular weight is 256 g/mol. The van der Waals surface area contributed by atoms with E-state index < -0.39 is 0 Å². The van der Waals surface area contributed by atoms with Crippen LogP contribution in [0, 0.1) is 0 Å². The van der Waals surface area contributed by atoms with Crippen LogP contribution in [-0.2, 0) is 0 Å². The number of ether oxygens (including phenoxy) is 1. The third-order valence-electron chi connectivity index (χ3n) is 2.20. The number of hydrogen-bond donors (Lipinski definition) is 0. The number of nitrogens with zero attached hydrogens (tertiary/aromatic N) is 1. The second-order valence-corrected chi connectivity index (χ2v) is 3.93. The molecule has 82 valence electrons. The van der Waals surface area contributed by atoms with Crippen molar-refractivity contribution in [3.8, 4) is 5.75 Å². The zero-order valence-corrected chi connectivity index (χ0v) is 9.84. The summed E-state index contributed by atoms with van der Waals surface area (Å²) in [4.78, 5) is 14.8. The highest BCUT2D eigenvalue weighted by Gasteiger charge is 2.08. The van der Waals surface area contributed by atoms with E-state index in [-0.39, 0.29) is 5.15 Å². The van der Waals surface area contributed by atoms with Crippen molar-refractivity contribution in [3.63, 3.8) is 0 Å². The first-order valence-electron chi connectivity index (χ1n) is 4.44. The number of methoxy groups -OCH3 is 1. The minimum absolute atomic E-state index is 0.170. The number of aromatic nitrogens is 1. The Morgan fingerprint density at radius 3 is 2.69 bits per heavy atom. The molecule has 0 aliphatic carbocycles. The lowest BCUT2D eigenvalue weighted by atomic mass is 10.1. The fraction of sp³-hybridized carbons (Fsp3) is 0.0909. The molecule has 1 aromatic carbocycles. The molecular weight excluding hydrogens is 249 g/mol. The van der Waals surface area contributed by atoms with Crippen molar-refractivity contribution >= 4 is 40.4 Å². The number of aldehydes is 1. The molecule has 0 spiro atoms. The second-order valence-electron chi connectivity index (χ2n) is 3.17. The van der Waals surface area contributed by atoms with Gasteiger partial charge in [-0.25, -0.2) is 4.98 Å². The number of pyridine rings is 1. The van der Waals surface area contributed by atoms with E-state index in [4.69, 9.17) is 27.9 Å². The number of hydrogen-bond acceptors (Lipinski definition) is 3. The fourth-order valence-electron chi connectivity index (χ4n) is 1.41. The number of benzene rings is 1. The van der Waals surface area contributed by atoms with Crippen molar-refractivity contribution in [3.05, 3.63) is 33.9 Å². The van der Waals surface area contributed by atoms with Gasteiger partial charge in [0.05, 0.1) is 23.2 Å². The largest absolute Gasteiger partial charge is 0.495 e. The Bertz CT molecular complexity index is 569. The predicted molar refractivity (Wildman–Crippen MR) is 63.7 cm³/mol. The molecule has 3 nitrogen and oxygen atoms in total. The zero-order chi connectivity index (χ0) is 11.7. The summed E-state index contributed by atoms with van der Waals surface area (Å²) in [6.07, 6.45) is 0.663. The summed E-state index contributed by atoms with van der Waals surface area (Å²) in [5, 5.41) is 1.38. The van der Waals surface area contributed by atoms with Crippen molar-refractivity contribution in [2.45, 2.75) is 0 Å². The van der Waals surface area contributed by atoms with Crippen molar-refractivity contribution in [2.24, 2.45) is 0 Å². The van der Waals surface area contributed by atoms with Gasteiger partial charge < -0.3 is 4.74 Å². The van der Waals surface area contributed by atoms with Crippen LogP contribution in [-0.4, -0.2) is 18.4 Å². The molecule has 0 atom stereocenters. The summed E-state index contributed by atoms with van der Waals surface area (Å²) in [5.41, 5.74) is 0.972. The van der Waals surface area contributed by atoms with E-state index in [1.54, 1.807) is 18.2 Å². The highest BCUT2D eigenvalue weighted by Crippen LogP contribution is 2.30. The van der Waals surface area contributed by atoms with E-state index in [0.29, 0.717) is 28.1 Å². The molecule has 1 heterocycles. The van der Waals surface area contributed by atoms with Crippen molar-refractivity contribution in [1.82, 2.24) is 4.98 Å². The lowest BCUT2D eigenvalue weighted by molar-refractivity contribution is 0.112. The Hall–Kier alpha value is -1.32. The Morgan fingerprint density at radius 2 is 2.06 bits per heavy atom. The fourth-order valence-corrected chi connectivity index (χ4v) is 1.83. The van der Waals surface area contributed by atoms with Crippen LogP contribution in [0.1, 0.15) is 10.4 Å². The minimum Gasteiger partial charge on any atom is -0.495 e. The molecule has 0 aliphatic heterocycles. The molecular formula is C11H7Cl2NO2. The van der Waals surface area contributed by atoms with Crippen LogP contribution in [0.4, 0.5) is 0 Å². The Kier molecular flexibility index (Phi) is 2.99. The second kappa shape index (κ2) is 4.28. The summed E-state index contributed by atoms with van der Waals surface area (Å²) in [7, 11) is 1.52. The van der Waals surface area contributed by atoms with Crippen LogP contribution < -0.4 is 4.74 Å². The molecule has 16 heavy (non-hydrogen) atoms. The van der Waals surface area contributed by atoms with Crippen LogP contribution in [0.3, 0.4) is 0 Å². The number of carbonyl (C=O) groups is 1. The van der Waals surface area contributed by atoms with E-state index in [1.165, 1.54) is 7.11 Å². The SMILES string of the molecule is COc1cc2cc(C=O)c(Cl)nc2cc1Cl. The molecule has 2 rings (SSSR count). The van der Waals surface area contributed by atoms with Crippen LogP contribution in [0.25, 0.3) is 10.9 Å². The number of fused-ring (bicyclic) bond motifs is 1. The third kappa shape index (κ3) is 1.84. The van der Waals surface area contributed by atoms with Gasteiger partial charge in [-0.2, -0.15) is 0 Å². The summed E-state index contributed by atoms with van der Waals surface area (Å²) in [6.45, 7) is 0. The first-order chi connectivity index (χ1) is 7.65. The molecule has 0 unspecified atom stereocenters. The van der Waals surface area contributed by atoms with Crippen molar-refractivity contribution in [1.29, 1.82) is 0 Å².